The molecule has 0 amide bonds. The van der Waals surface area contributed by atoms with E-state index in [1.165, 1.54) is 11.8 Å². The largest absolute Gasteiger partial charge is 0.403 e. The smallest absolute Gasteiger partial charge is 0.378 e. The second-order valence-corrected chi connectivity index (χ2v) is 6.70. The molecule has 0 spiro atoms. The molecular weight excluding hydrogens is 470 g/mol. The molecule has 1 fully saturated rings. The van der Waals surface area contributed by atoms with Crippen LogP contribution in [0.15, 0.2) is 29.3 Å². The van der Waals surface area contributed by atoms with E-state index in [1.54, 1.807) is 7.05 Å². The van der Waals surface area contributed by atoms with Crippen LogP contribution in [0.1, 0.15) is 12.5 Å². The van der Waals surface area contributed by atoms with E-state index in [4.69, 9.17) is 0 Å². The topological polar surface area (TPSA) is 34.1 Å². The highest BCUT2D eigenvalue weighted by Gasteiger charge is 2.41. The number of hydrogen-bond donors (Lipinski definition) is 1. The average molecular weight is 499 g/mol. The van der Waals surface area contributed by atoms with Crippen LogP contribution in [-0.2, 0) is 6.54 Å². The van der Waals surface area contributed by atoms with Crippen LogP contribution in [0.5, 0.6) is 0 Å². The molecule has 5 nitrogen and oxygen atoms in total. The van der Waals surface area contributed by atoms with Crippen molar-refractivity contribution in [3.05, 3.63) is 29.8 Å². The summed E-state index contributed by atoms with van der Waals surface area (Å²) in [5.74, 6) is 0.723. The predicted octanol–water partition coefficient (Wildman–Crippen LogP) is 3.01. The van der Waals surface area contributed by atoms with Gasteiger partial charge in [-0.25, -0.2) is 0 Å². The van der Waals surface area contributed by atoms with E-state index in [-0.39, 0.29) is 24.0 Å². The van der Waals surface area contributed by atoms with Crippen molar-refractivity contribution in [1.82, 2.24) is 15.1 Å². The Kier molecular flexibility index (Phi) is 9.13. The fourth-order valence-corrected chi connectivity index (χ4v) is 2.95. The van der Waals surface area contributed by atoms with Crippen molar-refractivity contribution in [2.24, 2.45) is 4.99 Å². The van der Waals surface area contributed by atoms with Crippen LogP contribution in [0, 0.1) is 0 Å². The van der Waals surface area contributed by atoms with Crippen LogP contribution >= 0.6 is 24.0 Å². The summed E-state index contributed by atoms with van der Waals surface area (Å²) in [6.07, 6.45) is -4.18. The van der Waals surface area contributed by atoms with E-state index in [1.807, 2.05) is 23.9 Å². The Balaban J connectivity index is 0.00000364. The molecule has 154 valence electrons. The number of aliphatic imine (C=N–C) groups is 1. The summed E-state index contributed by atoms with van der Waals surface area (Å²) in [6.45, 7) is 3.65. The lowest BCUT2D eigenvalue weighted by Crippen LogP contribution is -2.56. The third-order valence-corrected chi connectivity index (χ3v) is 4.75. The van der Waals surface area contributed by atoms with Gasteiger partial charge in [-0.05, 0) is 24.6 Å². The minimum absolute atomic E-state index is 0. The minimum atomic E-state index is -4.18. The van der Waals surface area contributed by atoms with E-state index < -0.39 is 12.2 Å². The molecule has 27 heavy (non-hydrogen) atoms. The van der Waals surface area contributed by atoms with E-state index in [0.717, 1.165) is 17.2 Å². The Morgan fingerprint density at radius 1 is 1.15 bits per heavy atom. The van der Waals surface area contributed by atoms with Gasteiger partial charge in [0, 0.05) is 59.6 Å². The van der Waals surface area contributed by atoms with Crippen LogP contribution in [0.25, 0.3) is 0 Å². The van der Waals surface area contributed by atoms with Crippen LogP contribution in [0.3, 0.4) is 0 Å². The number of rotatable bonds is 4. The summed E-state index contributed by atoms with van der Waals surface area (Å²) in [5.41, 5.74) is 2.26. The summed E-state index contributed by atoms with van der Waals surface area (Å²) in [4.78, 5) is 9.80. The zero-order valence-corrected chi connectivity index (χ0v) is 18.6. The Bertz CT molecular complexity index is 596. The summed E-state index contributed by atoms with van der Waals surface area (Å²) < 4.78 is 38.5. The molecule has 0 aliphatic carbocycles. The quantitative estimate of drug-likeness (QED) is 0.393. The Labute approximate surface area is 176 Å². The molecular formula is C18H29F3IN5. The van der Waals surface area contributed by atoms with Gasteiger partial charge >= 0.3 is 6.18 Å². The molecule has 0 radical (unpaired) electrons. The summed E-state index contributed by atoms with van der Waals surface area (Å²) in [7, 11) is 5.69. The summed E-state index contributed by atoms with van der Waals surface area (Å²) >= 11 is 0. The second kappa shape index (κ2) is 10.4. The molecule has 0 aromatic heterocycles. The number of benzene rings is 1. The predicted molar refractivity (Wildman–Crippen MR) is 115 cm³/mol. The summed E-state index contributed by atoms with van der Waals surface area (Å²) in [6, 6.07) is 6.81. The minimum Gasteiger partial charge on any atom is -0.378 e. The Morgan fingerprint density at radius 2 is 1.70 bits per heavy atom. The SMILES string of the molecule is CN=C(NCc1ccc(N(C)C)cc1)N1CCN(C(C)C(F)(F)F)CC1.I. The molecule has 0 bridgehead atoms. The van der Waals surface area contributed by atoms with Crippen molar-refractivity contribution in [3.63, 3.8) is 0 Å². The van der Waals surface area contributed by atoms with Gasteiger partial charge in [-0.2, -0.15) is 13.2 Å². The summed E-state index contributed by atoms with van der Waals surface area (Å²) in [5, 5.41) is 3.30. The van der Waals surface area contributed by atoms with E-state index >= 15 is 0 Å². The normalized spacial score (nSPS) is 17.3. The maximum absolute atomic E-state index is 12.8. The maximum Gasteiger partial charge on any atom is 0.403 e. The van der Waals surface area contributed by atoms with Crippen LogP contribution < -0.4 is 10.2 Å². The lowest BCUT2D eigenvalue weighted by atomic mass is 10.2. The molecule has 2 rings (SSSR count). The van der Waals surface area contributed by atoms with Gasteiger partial charge < -0.3 is 15.1 Å². The van der Waals surface area contributed by atoms with Crippen LogP contribution in [0.2, 0.25) is 0 Å². The van der Waals surface area contributed by atoms with Gasteiger partial charge in [-0.3, -0.25) is 9.89 Å². The van der Waals surface area contributed by atoms with Gasteiger partial charge in [0.15, 0.2) is 5.96 Å². The highest BCUT2D eigenvalue weighted by Crippen LogP contribution is 2.25. The number of guanidine groups is 1. The Hall–Kier alpha value is -1.23. The lowest BCUT2D eigenvalue weighted by molar-refractivity contribution is -0.181. The van der Waals surface area contributed by atoms with Gasteiger partial charge in [0.05, 0.1) is 0 Å². The second-order valence-electron chi connectivity index (χ2n) is 6.70. The Morgan fingerprint density at radius 3 is 2.15 bits per heavy atom. The number of piperazine rings is 1. The first-order valence-electron chi connectivity index (χ1n) is 8.75. The standard InChI is InChI=1S/C18H28F3N5.HI/c1-14(18(19,20)21)25-9-11-26(12-10-25)17(22-2)23-13-15-5-7-16(8-6-15)24(3)4;/h5-8,14H,9-13H2,1-4H3,(H,22,23);1H. The first kappa shape index (κ1) is 23.8. The van der Waals surface area contributed by atoms with E-state index in [9.17, 15) is 13.2 Å². The first-order valence-corrected chi connectivity index (χ1v) is 8.75. The fourth-order valence-electron chi connectivity index (χ4n) is 2.95. The number of anilines is 1. The fraction of sp³-hybridized carbons (Fsp3) is 0.611. The molecule has 0 saturated carbocycles. The highest BCUT2D eigenvalue weighted by molar-refractivity contribution is 14.0. The molecule has 1 saturated heterocycles. The van der Waals surface area contributed by atoms with Gasteiger partial charge in [0.25, 0.3) is 0 Å². The monoisotopic (exact) mass is 499 g/mol. The van der Waals surface area contributed by atoms with Gasteiger partial charge in [-0.15, -0.1) is 24.0 Å². The number of hydrogen-bond acceptors (Lipinski definition) is 3. The van der Waals surface area contributed by atoms with Gasteiger partial charge in [0.1, 0.15) is 6.04 Å². The van der Waals surface area contributed by atoms with Crippen LogP contribution in [0.4, 0.5) is 18.9 Å². The molecule has 1 N–H and O–H groups in total. The molecule has 1 heterocycles. The molecule has 1 aliphatic rings. The van der Waals surface area contributed by atoms with Gasteiger partial charge in [0.2, 0.25) is 0 Å². The number of alkyl halides is 3. The molecule has 1 atom stereocenters. The zero-order chi connectivity index (χ0) is 19.3. The molecule has 1 aromatic carbocycles. The maximum atomic E-state index is 12.8. The number of halogens is 4. The highest BCUT2D eigenvalue weighted by atomic mass is 127. The zero-order valence-electron chi connectivity index (χ0n) is 16.3. The van der Waals surface area contributed by atoms with E-state index in [0.29, 0.717) is 32.7 Å². The van der Waals surface area contributed by atoms with Crippen molar-refractivity contribution in [3.8, 4) is 0 Å². The molecule has 1 unspecified atom stereocenters. The van der Waals surface area contributed by atoms with E-state index in [2.05, 4.69) is 34.6 Å². The number of nitrogens with zero attached hydrogens (tertiary/aromatic N) is 4. The van der Waals surface area contributed by atoms with Crippen molar-refractivity contribution in [2.45, 2.75) is 25.7 Å². The number of nitrogens with one attached hydrogen (secondary N) is 1. The molecule has 1 aliphatic heterocycles. The average Bonchev–Trinajstić information content (AvgIpc) is 2.61. The van der Waals surface area contributed by atoms with Crippen molar-refractivity contribution in [1.29, 1.82) is 0 Å². The third kappa shape index (κ3) is 6.70. The van der Waals surface area contributed by atoms with Crippen molar-refractivity contribution in [2.75, 3.05) is 52.2 Å². The molecule has 9 heteroatoms. The first-order chi connectivity index (χ1) is 12.2. The van der Waals surface area contributed by atoms with Crippen molar-refractivity contribution >= 4 is 35.6 Å². The van der Waals surface area contributed by atoms with Crippen molar-refractivity contribution < 1.29 is 13.2 Å². The third-order valence-electron chi connectivity index (χ3n) is 4.75. The molecule has 1 aromatic rings. The van der Waals surface area contributed by atoms with Crippen LogP contribution in [-0.4, -0.2) is 75.3 Å². The lowest BCUT2D eigenvalue weighted by Gasteiger charge is -2.39. The van der Waals surface area contributed by atoms with Gasteiger partial charge in [-0.1, -0.05) is 12.1 Å².